The monoisotopic (exact) mass is 342 g/mol. The van der Waals surface area contributed by atoms with E-state index in [2.05, 4.69) is 22.0 Å². The number of hydrogen-bond donors (Lipinski definition) is 2. The van der Waals surface area contributed by atoms with Gasteiger partial charge in [-0.15, -0.1) is 0 Å². The third-order valence-electron chi connectivity index (χ3n) is 5.17. The lowest BCUT2D eigenvalue weighted by molar-refractivity contribution is 0.119. The minimum Gasteiger partial charge on any atom is -0.346 e. The maximum Gasteiger partial charge on any atom is 0.319 e. The number of aromatic nitrogens is 4. The summed E-state index contributed by atoms with van der Waals surface area (Å²) in [4.78, 5) is 35.7. The van der Waals surface area contributed by atoms with Gasteiger partial charge in [-0.2, -0.15) is 0 Å². The van der Waals surface area contributed by atoms with E-state index in [-0.39, 0.29) is 17.6 Å². The van der Waals surface area contributed by atoms with E-state index >= 15 is 0 Å². The van der Waals surface area contributed by atoms with Crippen LogP contribution in [0.15, 0.2) is 23.3 Å². The molecule has 3 aromatic rings. The number of aromatic amines is 2. The van der Waals surface area contributed by atoms with Crippen molar-refractivity contribution in [1.82, 2.24) is 29.5 Å². The number of urea groups is 1. The van der Waals surface area contributed by atoms with Crippen LogP contribution in [0.1, 0.15) is 19.4 Å². The number of rotatable bonds is 1. The number of fused-ring (bicyclic) bond motifs is 3. The van der Waals surface area contributed by atoms with Crippen molar-refractivity contribution in [3.8, 4) is 0 Å². The molecule has 8 heteroatoms. The van der Waals surface area contributed by atoms with E-state index in [4.69, 9.17) is 0 Å². The first kappa shape index (κ1) is 15.7. The second-order valence-electron chi connectivity index (χ2n) is 7.03. The van der Waals surface area contributed by atoms with Crippen molar-refractivity contribution in [2.24, 2.45) is 5.92 Å². The van der Waals surface area contributed by atoms with E-state index in [0.717, 1.165) is 29.5 Å². The normalized spacial score (nSPS) is 21.2. The van der Waals surface area contributed by atoms with Crippen LogP contribution in [0.25, 0.3) is 21.9 Å². The summed E-state index contributed by atoms with van der Waals surface area (Å²) in [6.45, 7) is 3.48. The lowest BCUT2D eigenvalue weighted by Crippen LogP contribution is -2.48. The molecule has 2 amide bonds. The minimum atomic E-state index is -0.145. The number of piperidine rings is 1. The van der Waals surface area contributed by atoms with Gasteiger partial charge >= 0.3 is 6.03 Å². The van der Waals surface area contributed by atoms with Crippen LogP contribution in [-0.4, -0.2) is 62.8 Å². The molecule has 4 heterocycles. The Hall–Kier alpha value is -2.77. The summed E-state index contributed by atoms with van der Waals surface area (Å²) in [5.74, 6) is 0.347. The Labute approximate surface area is 144 Å². The summed E-state index contributed by atoms with van der Waals surface area (Å²) >= 11 is 0. The molecule has 1 aliphatic heterocycles. The molecule has 0 radical (unpaired) electrons. The number of likely N-dealkylation sites (tertiary alicyclic amines) is 1. The van der Waals surface area contributed by atoms with Gasteiger partial charge in [-0.05, 0) is 18.4 Å². The summed E-state index contributed by atoms with van der Waals surface area (Å²) in [5, 5.41) is 4.47. The summed E-state index contributed by atoms with van der Waals surface area (Å²) < 4.78 is 1.94. The Morgan fingerprint density at radius 1 is 1.36 bits per heavy atom. The van der Waals surface area contributed by atoms with Crippen LogP contribution >= 0.6 is 0 Å². The van der Waals surface area contributed by atoms with Crippen LogP contribution in [0, 0.1) is 5.92 Å². The molecule has 0 aliphatic carbocycles. The molecule has 1 fully saturated rings. The molecule has 0 saturated carbocycles. The lowest BCUT2D eigenvalue weighted by Gasteiger charge is -2.38. The highest BCUT2D eigenvalue weighted by Crippen LogP contribution is 2.31. The van der Waals surface area contributed by atoms with Crippen molar-refractivity contribution in [2.45, 2.75) is 19.4 Å². The fraction of sp³-hybridized carbons (Fsp3) is 0.471. The highest BCUT2D eigenvalue weighted by molar-refractivity contribution is 6.02. The molecular formula is C17H22N6O2. The second-order valence-corrected chi connectivity index (χ2v) is 7.03. The van der Waals surface area contributed by atoms with Crippen molar-refractivity contribution in [1.29, 1.82) is 0 Å². The topological polar surface area (TPSA) is 90.0 Å². The van der Waals surface area contributed by atoms with Gasteiger partial charge in [0.05, 0.1) is 16.9 Å². The molecule has 0 aromatic carbocycles. The summed E-state index contributed by atoms with van der Waals surface area (Å²) in [6.07, 6.45) is 4.33. The third kappa shape index (κ3) is 2.40. The Balaban J connectivity index is 1.84. The highest BCUT2D eigenvalue weighted by Gasteiger charge is 2.32. The van der Waals surface area contributed by atoms with Gasteiger partial charge in [0.1, 0.15) is 5.65 Å². The molecule has 4 rings (SSSR count). The zero-order valence-corrected chi connectivity index (χ0v) is 14.6. The van der Waals surface area contributed by atoms with Gasteiger partial charge in [0.15, 0.2) is 0 Å². The maximum absolute atomic E-state index is 12.4. The number of nitrogens with one attached hydrogen (secondary N) is 2. The largest absolute Gasteiger partial charge is 0.346 e. The van der Waals surface area contributed by atoms with Gasteiger partial charge < -0.3 is 14.8 Å². The molecule has 0 unspecified atom stereocenters. The van der Waals surface area contributed by atoms with Gasteiger partial charge in [0, 0.05) is 45.0 Å². The summed E-state index contributed by atoms with van der Waals surface area (Å²) in [7, 11) is 3.52. The summed E-state index contributed by atoms with van der Waals surface area (Å²) in [5.41, 5.74) is 1.46. The van der Waals surface area contributed by atoms with Crippen LogP contribution in [-0.2, 0) is 0 Å². The van der Waals surface area contributed by atoms with E-state index in [1.54, 1.807) is 25.2 Å². The van der Waals surface area contributed by atoms with Crippen LogP contribution in [0.3, 0.4) is 0 Å². The third-order valence-corrected chi connectivity index (χ3v) is 5.17. The first-order chi connectivity index (χ1) is 12.0. The molecule has 2 N–H and O–H groups in total. The highest BCUT2D eigenvalue weighted by atomic mass is 16.2. The van der Waals surface area contributed by atoms with Crippen molar-refractivity contribution >= 4 is 28.0 Å². The molecule has 0 bridgehead atoms. The predicted molar refractivity (Wildman–Crippen MR) is 95.7 cm³/mol. The first-order valence-electron chi connectivity index (χ1n) is 8.50. The number of amides is 2. The SMILES string of the molecule is C[C@@H]1CCN(C(=O)N(C)C)C[C@@H]1n1[nH]c(=O)c2cnc3[nH]ccc3c21. The van der Waals surface area contributed by atoms with E-state index in [1.807, 2.05) is 21.8 Å². The molecule has 132 valence electrons. The molecular weight excluding hydrogens is 320 g/mol. The Kier molecular flexibility index (Phi) is 3.55. The second kappa shape index (κ2) is 5.65. The summed E-state index contributed by atoms with van der Waals surface area (Å²) in [6, 6.07) is 1.96. The van der Waals surface area contributed by atoms with Crippen molar-refractivity contribution in [3.05, 3.63) is 28.8 Å². The van der Waals surface area contributed by atoms with E-state index in [9.17, 15) is 9.59 Å². The van der Waals surface area contributed by atoms with Crippen LogP contribution in [0.2, 0.25) is 0 Å². The zero-order chi connectivity index (χ0) is 17.7. The zero-order valence-electron chi connectivity index (χ0n) is 14.6. The molecule has 8 nitrogen and oxygen atoms in total. The maximum atomic E-state index is 12.4. The van der Waals surface area contributed by atoms with Gasteiger partial charge in [0.25, 0.3) is 5.56 Å². The predicted octanol–water partition coefficient (Wildman–Crippen LogP) is 1.77. The van der Waals surface area contributed by atoms with Crippen molar-refractivity contribution in [2.75, 3.05) is 27.2 Å². The average Bonchev–Trinajstić information content (AvgIpc) is 3.19. The van der Waals surface area contributed by atoms with Crippen LogP contribution in [0.4, 0.5) is 4.79 Å². The number of carbonyl (C=O) groups is 1. The average molecular weight is 342 g/mol. The van der Waals surface area contributed by atoms with Gasteiger partial charge in [-0.1, -0.05) is 6.92 Å². The lowest BCUT2D eigenvalue weighted by atomic mass is 9.93. The fourth-order valence-corrected chi connectivity index (χ4v) is 3.74. The number of pyridine rings is 1. The Morgan fingerprint density at radius 3 is 2.92 bits per heavy atom. The Bertz CT molecular complexity index is 998. The van der Waals surface area contributed by atoms with Gasteiger partial charge in [0.2, 0.25) is 0 Å². The Morgan fingerprint density at radius 2 is 2.16 bits per heavy atom. The smallest absolute Gasteiger partial charge is 0.319 e. The van der Waals surface area contributed by atoms with Crippen molar-refractivity contribution < 1.29 is 4.79 Å². The molecule has 3 aromatic heterocycles. The first-order valence-corrected chi connectivity index (χ1v) is 8.50. The number of hydrogen-bond acceptors (Lipinski definition) is 3. The molecule has 25 heavy (non-hydrogen) atoms. The van der Waals surface area contributed by atoms with Gasteiger partial charge in [-0.3, -0.25) is 14.6 Å². The minimum absolute atomic E-state index is 0.00386. The van der Waals surface area contributed by atoms with Crippen LogP contribution in [0.5, 0.6) is 0 Å². The van der Waals surface area contributed by atoms with E-state index in [1.165, 1.54) is 0 Å². The fourth-order valence-electron chi connectivity index (χ4n) is 3.74. The number of H-pyrrole nitrogens is 2. The van der Waals surface area contributed by atoms with Crippen molar-refractivity contribution in [3.63, 3.8) is 0 Å². The number of nitrogens with zero attached hydrogens (tertiary/aromatic N) is 4. The van der Waals surface area contributed by atoms with E-state index in [0.29, 0.717) is 17.8 Å². The van der Waals surface area contributed by atoms with Gasteiger partial charge in [-0.25, -0.2) is 9.78 Å². The molecule has 1 aliphatic rings. The number of carbonyl (C=O) groups excluding carboxylic acids is 1. The quantitative estimate of drug-likeness (QED) is 0.706. The molecule has 2 atom stereocenters. The molecule has 0 spiro atoms. The standard InChI is InChI=1S/C17H22N6O2/c1-10-5-7-22(17(25)21(2)3)9-13(10)23-14-11-4-6-18-15(11)19-8-12(14)16(24)20-23/h4,6,8,10,13H,5,7,9H2,1-3H3,(H,18,19)(H,20,24)/t10-,13+/m1/s1. The molecule has 1 saturated heterocycles. The van der Waals surface area contributed by atoms with Crippen LogP contribution < -0.4 is 5.56 Å². The van der Waals surface area contributed by atoms with E-state index < -0.39 is 0 Å².